The van der Waals surface area contributed by atoms with E-state index in [2.05, 4.69) is 20.6 Å². The second-order valence-corrected chi connectivity index (χ2v) is 7.54. The number of anilines is 1. The minimum Gasteiger partial charge on any atom is -0.494 e. The van der Waals surface area contributed by atoms with Gasteiger partial charge in [-0.15, -0.1) is 5.10 Å². The fourth-order valence-electron chi connectivity index (χ4n) is 3.76. The van der Waals surface area contributed by atoms with Crippen LogP contribution in [0.1, 0.15) is 36.4 Å². The van der Waals surface area contributed by atoms with E-state index in [1.54, 1.807) is 16.8 Å². The molecule has 2 N–H and O–H groups in total. The Bertz CT molecular complexity index is 1230. The summed E-state index contributed by atoms with van der Waals surface area (Å²) in [5.74, 6) is 0.548. The number of aryl methyl sites for hydroxylation is 2. The number of nitrogens with one attached hydrogen (secondary N) is 1. The molecule has 1 atom stereocenters. The van der Waals surface area contributed by atoms with Gasteiger partial charge in [0.1, 0.15) is 17.0 Å². The number of rotatable bonds is 8. The smallest absolute Gasteiger partial charge is 0.177 e. The van der Waals surface area contributed by atoms with E-state index in [1.807, 2.05) is 51.1 Å². The summed E-state index contributed by atoms with van der Waals surface area (Å²) in [5.41, 5.74) is 3.28. The van der Waals surface area contributed by atoms with Gasteiger partial charge in [0.2, 0.25) is 0 Å². The first-order valence-corrected chi connectivity index (χ1v) is 10.6. The van der Waals surface area contributed by atoms with Gasteiger partial charge in [0.25, 0.3) is 0 Å². The van der Waals surface area contributed by atoms with E-state index in [0.29, 0.717) is 48.0 Å². The summed E-state index contributed by atoms with van der Waals surface area (Å²) >= 11 is 0. The highest BCUT2D eigenvalue weighted by Crippen LogP contribution is 2.29. The maximum atomic E-state index is 14.8. The molecule has 0 saturated carbocycles. The number of hydrogen-bond acceptors (Lipinski definition) is 6. The minimum atomic E-state index is -0.588. The first-order chi connectivity index (χ1) is 15.5. The molecular weight excluding hydrogens is 409 g/mol. The van der Waals surface area contributed by atoms with Gasteiger partial charge in [-0.2, -0.15) is 10.2 Å². The zero-order valence-corrected chi connectivity index (χ0v) is 18.3. The van der Waals surface area contributed by atoms with E-state index in [4.69, 9.17) is 4.74 Å². The largest absolute Gasteiger partial charge is 0.494 e. The van der Waals surface area contributed by atoms with Crippen LogP contribution in [0.25, 0.3) is 16.6 Å². The van der Waals surface area contributed by atoms with Crippen molar-refractivity contribution < 1.29 is 14.2 Å². The van der Waals surface area contributed by atoms with Crippen LogP contribution in [-0.4, -0.2) is 38.2 Å². The quantitative estimate of drug-likeness (QED) is 0.424. The van der Waals surface area contributed by atoms with Crippen molar-refractivity contribution in [2.45, 2.75) is 33.3 Å². The lowest BCUT2D eigenvalue weighted by atomic mass is 10.1. The summed E-state index contributed by atoms with van der Waals surface area (Å²) < 4.78 is 21.8. The minimum absolute atomic E-state index is 0.326. The number of aliphatic hydroxyl groups is 1. The molecule has 8 heteroatoms. The Kier molecular flexibility index (Phi) is 6.32. The molecule has 0 amide bonds. The van der Waals surface area contributed by atoms with Crippen LogP contribution >= 0.6 is 0 Å². The van der Waals surface area contributed by atoms with Crippen LogP contribution in [0.4, 0.5) is 10.2 Å². The Morgan fingerprint density at radius 1 is 1.12 bits per heavy atom. The van der Waals surface area contributed by atoms with E-state index < -0.39 is 11.9 Å². The molecule has 2 aromatic carbocycles. The molecule has 32 heavy (non-hydrogen) atoms. The summed E-state index contributed by atoms with van der Waals surface area (Å²) in [7, 11) is 0. The van der Waals surface area contributed by atoms with Gasteiger partial charge in [-0.05, 0) is 44.9 Å². The second kappa shape index (κ2) is 9.32. The lowest BCUT2D eigenvalue weighted by Gasteiger charge is -2.12. The molecule has 0 aliphatic heterocycles. The Labute approximate surface area is 185 Å². The summed E-state index contributed by atoms with van der Waals surface area (Å²) in [4.78, 5) is 0. The molecule has 0 aliphatic rings. The van der Waals surface area contributed by atoms with Crippen LogP contribution in [0.2, 0.25) is 0 Å². The average molecular weight is 436 g/mol. The van der Waals surface area contributed by atoms with E-state index in [0.717, 1.165) is 16.6 Å². The highest BCUT2D eigenvalue weighted by Gasteiger charge is 2.19. The van der Waals surface area contributed by atoms with Crippen LogP contribution in [0.5, 0.6) is 5.75 Å². The van der Waals surface area contributed by atoms with E-state index >= 15 is 0 Å². The molecule has 4 aromatic rings. The lowest BCUT2D eigenvalue weighted by Crippen LogP contribution is -2.10. The summed E-state index contributed by atoms with van der Waals surface area (Å²) in [6.45, 7) is 6.53. The summed E-state index contributed by atoms with van der Waals surface area (Å²) in [6, 6.07) is 14.2. The molecule has 7 nitrogen and oxygen atoms in total. The summed E-state index contributed by atoms with van der Waals surface area (Å²) in [5, 5.41) is 27.6. The standard InChI is InChI=1S/C24H26FN5O2/c1-4-32-18-10-11-20(19(25)14-18)30-16(3)22-15(2)27-28-24(23(22)29-30)26-13-12-21(31)17-8-6-5-7-9-17/h5-11,14,21,31H,4,12-13H2,1-3H3,(H,26,28)/t21-/m1/s1. The van der Waals surface area contributed by atoms with Crippen LogP contribution < -0.4 is 10.1 Å². The Morgan fingerprint density at radius 2 is 1.91 bits per heavy atom. The van der Waals surface area contributed by atoms with Gasteiger partial charge in [-0.1, -0.05) is 30.3 Å². The van der Waals surface area contributed by atoms with E-state index in [1.165, 1.54) is 6.07 Å². The van der Waals surface area contributed by atoms with Crippen LogP contribution in [0.3, 0.4) is 0 Å². The van der Waals surface area contributed by atoms with Crippen molar-refractivity contribution in [3.8, 4) is 11.4 Å². The normalized spacial score (nSPS) is 12.2. The number of benzene rings is 2. The summed E-state index contributed by atoms with van der Waals surface area (Å²) in [6.07, 6.45) is -0.0938. The molecule has 4 rings (SSSR count). The number of nitrogens with zero attached hydrogens (tertiary/aromatic N) is 4. The topological polar surface area (TPSA) is 85.1 Å². The van der Waals surface area contributed by atoms with Crippen molar-refractivity contribution in [1.29, 1.82) is 0 Å². The predicted octanol–water partition coefficient (Wildman–Crippen LogP) is 4.51. The second-order valence-electron chi connectivity index (χ2n) is 7.54. The van der Waals surface area contributed by atoms with Crippen molar-refractivity contribution in [2.75, 3.05) is 18.5 Å². The molecular formula is C24H26FN5O2. The molecule has 0 fully saturated rings. The Balaban J connectivity index is 1.61. The Morgan fingerprint density at radius 3 is 2.62 bits per heavy atom. The van der Waals surface area contributed by atoms with Gasteiger partial charge in [-0.25, -0.2) is 9.07 Å². The molecule has 0 bridgehead atoms. The van der Waals surface area contributed by atoms with Gasteiger partial charge in [0.15, 0.2) is 11.6 Å². The van der Waals surface area contributed by atoms with E-state index in [9.17, 15) is 9.50 Å². The van der Waals surface area contributed by atoms with E-state index in [-0.39, 0.29) is 0 Å². The number of aliphatic hydroxyl groups excluding tert-OH is 1. The third-order valence-electron chi connectivity index (χ3n) is 5.36. The zero-order chi connectivity index (χ0) is 22.7. The number of fused-ring (bicyclic) bond motifs is 1. The predicted molar refractivity (Wildman–Crippen MR) is 122 cm³/mol. The van der Waals surface area contributed by atoms with Crippen LogP contribution in [0, 0.1) is 19.7 Å². The van der Waals surface area contributed by atoms with Crippen molar-refractivity contribution in [3.63, 3.8) is 0 Å². The molecule has 0 spiro atoms. The molecule has 0 radical (unpaired) electrons. The maximum absolute atomic E-state index is 14.8. The molecule has 0 saturated heterocycles. The van der Waals surface area contributed by atoms with Gasteiger partial charge in [0.05, 0.1) is 29.5 Å². The number of aromatic nitrogens is 4. The number of hydrogen-bond donors (Lipinski definition) is 2. The fourth-order valence-corrected chi connectivity index (χ4v) is 3.76. The molecule has 2 heterocycles. The van der Waals surface area contributed by atoms with Gasteiger partial charge >= 0.3 is 0 Å². The highest BCUT2D eigenvalue weighted by molar-refractivity contribution is 5.92. The number of ether oxygens (including phenoxy) is 1. The third-order valence-corrected chi connectivity index (χ3v) is 5.36. The first kappa shape index (κ1) is 21.7. The maximum Gasteiger partial charge on any atom is 0.177 e. The lowest BCUT2D eigenvalue weighted by molar-refractivity contribution is 0.171. The first-order valence-electron chi connectivity index (χ1n) is 10.6. The van der Waals surface area contributed by atoms with Gasteiger partial charge < -0.3 is 15.2 Å². The van der Waals surface area contributed by atoms with Crippen molar-refractivity contribution >= 4 is 16.7 Å². The monoisotopic (exact) mass is 435 g/mol. The molecule has 2 aromatic heterocycles. The molecule has 0 unspecified atom stereocenters. The molecule has 166 valence electrons. The van der Waals surface area contributed by atoms with Crippen LogP contribution in [0.15, 0.2) is 48.5 Å². The van der Waals surface area contributed by atoms with Gasteiger partial charge in [-0.3, -0.25) is 0 Å². The van der Waals surface area contributed by atoms with Gasteiger partial charge in [0, 0.05) is 12.6 Å². The zero-order valence-electron chi connectivity index (χ0n) is 18.3. The SMILES string of the molecule is CCOc1ccc(-n2nc3c(NCC[C@@H](O)c4ccccc4)nnc(C)c3c2C)c(F)c1. The number of halogens is 1. The van der Waals surface area contributed by atoms with Crippen molar-refractivity contribution in [1.82, 2.24) is 20.0 Å². The third kappa shape index (κ3) is 4.27. The highest BCUT2D eigenvalue weighted by atomic mass is 19.1. The molecule has 0 aliphatic carbocycles. The Hall–Kier alpha value is -3.52. The van der Waals surface area contributed by atoms with Crippen molar-refractivity contribution in [2.24, 2.45) is 0 Å². The van der Waals surface area contributed by atoms with Crippen LogP contribution in [-0.2, 0) is 0 Å². The average Bonchev–Trinajstić information content (AvgIpc) is 3.14. The van der Waals surface area contributed by atoms with Crippen molar-refractivity contribution in [3.05, 3.63) is 71.3 Å². The fraction of sp³-hybridized carbons (Fsp3) is 0.292.